The van der Waals surface area contributed by atoms with Gasteiger partial charge in [-0.15, -0.1) is 0 Å². The lowest BCUT2D eigenvalue weighted by molar-refractivity contribution is 0.0894. The van der Waals surface area contributed by atoms with E-state index >= 15 is 0 Å². The summed E-state index contributed by atoms with van der Waals surface area (Å²) >= 11 is 0. The van der Waals surface area contributed by atoms with Gasteiger partial charge in [0, 0.05) is 13.5 Å². The minimum absolute atomic E-state index is 0.206. The summed E-state index contributed by atoms with van der Waals surface area (Å²) in [5.74, 6) is 0.330. The zero-order chi connectivity index (χ0) is 10.7. The van der Waals surface area contributed by atoms with Crippen LogP contribution in [0.3, 0.4) is 0 Å². The predicted octanol–water partition coefficient (Wildman–Crippen LogP) is 0.402. The molecule has 5 nitrogen and oxygen atoms in total. The minimum Gasteiger partial charge on any atom is -0.436 e. The molecule has 0 radical (unpaired) electrons. The van der Waals surface area contributed by atoms with Gasteiger partial charge in [0.1, 0.15) is 0 Å². The first-order valence-corrected chi connectivity index (χ1v) is 4.41. The van der Waals surface area contributed by atoms with Gasteiger partial charge >= 0.3 is 0 Å². The molecule has 1 amide bonds. The van der Waals surface area contributed by atoms with E-state index in [2.05, 4.69) is 10.3 Å². The number of carbonyl (C=O) groups is 1. The van der Waals surface area contributed by atoms with Crippen molar-refractivity contribution < 1.29 is 14.3 Å². The Bertz CT molecular complexity index is 331. The van der Waals surface area contributed by atoms with Crippen LogP contribution >= 0.6 is 0 Å². The average molecular weight is 198 g/mol. The van der Waals surface area contributed by atoms with Crippen molar-refractivity contribution in [2.24, 2.45) is 0 Å². The molecular weight excluding hydrogens is 184 g/mol. The first-order valence-electron chi connectivity index (χ1n) is 4.41. The zero-order valence-electron chi connectivity index (χ0n) is 8.50. The number of rotatable bonds is 3. The molecule has 0 aliphatic heterocycles. The fourth-order valence-corrected chi connectivity index (χ4v) is 1.06. The highest BCUT2D eigenvalue weighted by molar-refractivity contribution is 5.92. The summed E-state index contributed by atoms with van der Waals surface area (Å²) in [4.78, 5) is 15.4. The molecule has 1 unspecified atom stereocenters. The largest absolute Gasteiger partial charge is 0.436 e. The van der Waals surface area contributed by atoms with E-state index in [4.69, 9.17) is 9.52 Å². The number of aromatic nitrogens is 1. The van der Waals surface area contributed by atoms with E-state index in [-0.39, 0.29) is 18.2 Å². The SMILES string of the molecule is Cc1nc(C)c(C(=O)NCC(C)O)o1. The minimum atomic E-state index is -0.566. The maximum Gasteiger partial charge on any atom is 0.289 e. The van der Waals surface area contributed by atoms with Crippen LogP contribution in [0.4, 0.5) is 0 Å². The normalized spacial score (nSPS) is 12.6. The van der Waals surface area contributed by atoms with Gasteiger partial charge in [0.2, 0.25) is 5.76 Å². The number of hydrogen-bond donors (Lipinski definition) is 2. The second-order valence-corrected chi connectivity index (χ2v) is 3.21. The molecule has 1 atom stereocenters. The molecule has 0 aliphatic rings. The third-order valence-corrected chi connectivity index (χ3v) is 1.67. The quantitative estimate of drug-likeness (QED) is 0.737. The van der Waals surface area contributed by atoms with Gasteiger partial charge in [-0.05, 0) is 13.8 Å². The third kappa shape index (κ3) is 2.56. The Balaban J connectivity index is 2.65. The van der Waals surface area contributed by atoms with Crippen LogP contribution in [0.1, 0.15) is 29.1 Å². The number of nitrogens with one attached hydrogen (secondary N) is 1. The highest BCUT2D eigenvalue weighted by atomic mass is 16.4. The highest BCUT2D eigenvalue weighted by Crippen LogP contribution is 2.08. The van der Waals surface area contributed by atoms with Crippen LogP contribution in [-0.2, 0) is 0 Å². The van der Waals surface area contributed by atoms with Gasteiger partial charge in [0.25, 0.3) is 5.91 Å². The Hall–Kier alpha value is -1.36. The van der Waals surface area contributed by atoms with Crippen LogP contribution in [0.2, 0.25) is 0 Å². The summed E-state index contributed by atoms with van der Waals surface area (Å²) in [6.45, 7) is 5.18. The molecule has 0 spiro atoms. The van der Waals surface area contributed by atoms with E-state index < -0.39 is 6.10 Å². The second-order valence-electron chi connectivity index (χ2n) is 3.21. The van der Waals surface area contributed by atoms with E-state index in [1.807, 2.05) is 0 Å². The molecule has 1 aromatic rings. The Morgan fingerprint density at radius 1 is 1.64 bits per heavy atom. The Kier molecular flexibility index (Phi) is 3.24. The molecular formula is C9H14N2O3. The van der Waals surface area contributed by atoms with Crippen molar-refractivity contribution in [3.05, 3.63) is 17.3 Å². The first-order chi connectivity index (χ1) is 6.50. The molecule has 1 aromatic heterocycles. The maximum absolute atomic E-state index is 11.4. The first kappa shape index (κ1) is 10.7. The summed E-state index contributed by atoms with van der Waals surface area (Å²) < 4.78 is 5.10. The Labute approximate surface area is 82.1 Å². The predicted molar refractivity (Wildman–Crippen MR) is 50.0 cm³/mol. The molecule has 5 heteroatoms. The molecule has 0 aliphatic carbocycles. The summed E-state index contributed by atoms with van der Waals surface area (Å²) in [5.41, 5.74) is 0.561. The smallest absolute Gasteiger partial charge is 0.289 e. The van der Waals surface area contributed by atoms with Crippen molar-refractivity contribution in [2.75, 3.05) is 6.54 Å². The maximum atomic E-state index is 11.4. The highest BCUT2D eigenvalue weighted by Gasteiger charge is 2.15. The molecule has 0 bridgehead atoms. The van der Waals surface area contributed by atoms with Crippen molar-refractivity contribution in [2.45, 2.75) is 26.9 Å². The lowest BCUT2D eigenvalue weighted by Crippen LogP contribution is -2.30. The molecule has 1 rings (SSSR count). The van der Waals surface area contributed by atoms with E-state index in [1.165, 1.54) is 0 Å². The Morgan fingerprint density at radius 3 is 2.71 bits per heavy atom. The third-order valence-electron chi connectivity index (χ3n) is 1.67. The van der Waals surface area contributed by atoms with E-state index in [1.54, 1.807) is 20.8 Å². The fraction of sp³-hybridized carbons (Fsp3) is 0.556. The van der Waals surface area contributed by atoms with Crippen LogP contribution in [0.5, 0.6) is 0 Å². The molecule has 1 heterocycles. The number of nitrogens with zero attached hydrogens (tertiary/aromatic N) is 1. The Morgan fingerprint density at radius 2 is 2.29 bits per heavy atom. The number of hydrogen-bond acceptors (Lipinski definition) is 4. The van der Waals surface area contributed by atoms with Gasteiger partial charge in [-0.2, -0.15) is 0 Å². The van der Waals surface area contributed by atoms with Crippen LogP contribution in [-0.4, -0.2) is 28.6 Å². The summed E-state index contributed by atoms with van der Waals surface area (Å²) in [5, 5.41) is 11.5. The van der Waals surface area contributed by atoms with E-state index in [0.717, 1.165) is 0 Å². The van der Waals surface area contributed by atoms with Crippen LogP contribution < -0.4 is 5.32 Å². The van der Waals surface area contributed by atoms with Crippen molar-refractivity contribution in [3.63, 3.8) is 0 Å². The van der Waals surface area contributed by atoms with Crippen molar-refractivity contribution >= 4 is 5.91 Å². The topological polar surface area (TPSA) is 75.4 Å². The van der Waals surface area contributed by atoms with Crippen molar-refractivity contribution in [3.8, 4) is 0 Å². The molecule has 0 saturated carbocycles. The molecule has 0 aromatic carbocycles. The summed E-state index contributed by atoms with van der Waals surface area (Å²) in [6.07, 6.45) is -0.566. The lowest BCUT2D eigenvalue weighted by Gasteiger charge is -2.04. The summed E-state index contributed by atoms with van der Waals surface area (Å²) in [6, 6.07) is 0. The monoisotopic (exact) mass is 198 g/mol. The molecule has 78 valence electrons. The van der Waals surface area contributed by atoms with Gasteiger partial charge in [-0.25, -0.2) is 4.98 Å². The zero-order valence-corrected chi connectivity index (χ0v) is 8.50. The van der Waals surface area contributed by atoms with Crippen molar-refractivity contribution in [1.82, 2.24) is 10.3 Å². The van der Waals surface area contributed by atoms with Crippen molar-refractivity contribution in [1.29, 1.82) is 0 Å². The number of aryl methyl sites for hydroxylation is 2. The van der Waals surface area contributed by atoms with Crippen LogP contribution in [0, 0.1) is 13.8 Å². The van der Waals surface area contributed by atoms with Gasteiger partial charge in [0.05, 0.1) is 11.8 Å². The second kappa shape index (κ2) is 4.23. The number of aliphatic hydroxyl groups excluding tert-OH is 1. The molecule has 0 saturated heterocycles. The van der Waals surface area contributed by atoms with Gasteiger partial charge in [-0.3, -0.25) is 4.79 Å². The number of amides is 1. The number of aliphatic hydroxyl groups is 1. The number of oxazole rings is 1. The molecule has 2 N–H and O–H groups in total. The average Bonchev–Trinajstić information content (AvgIpc) is 2.41. The summed E-state index contributed by atoms with van der Waals surface area (Å²) in [7, 11) is 0. The van der Waals surface area contributed by atoms with E-state index in [9.17, 15) is 4.79 Å². The lowest BCUT2D eigenvalue weighted by atomic mass is 10.3. The van der Waals surface area contributed by atoms with Gasteiger partial charge < -0.3 is 14.8 Å². The van der Waals surface area contributed by atoms with Crippen LogP contribution in [0.25, 0.3) is 0 Å². The van der Waals surface area contributed by atoms with Gasteiger partial charge in [0.15, 0.2) is 5.89 Å². The van der Waals surface area contributed by atoms with Crippen LogP contribution in [0.15, 0.2) is 4.42 Å². The fourth-order valence-electron chi connectivity index (χ4n) is 1.06. The standard InChI is InChI=1S/C9H14N2O3/c1-5(12)4-10-9(13)8-6(2)11-7(3)14-8/h5,12H,4H2,1-3H3,(H,10,13). The molecule has 0 fully saturated rings. The van der Waals surface area contributed by atoms with E-state index in [0.29, 0.717) is 11.6 Å². The molecule has 14 heavy (non-hydrogen) atoms. The van der Waals surface area contributed by atoms with Gasteiger partial charge in [-0.1, -0.05) is 0 Å². The number of carbonyl (C=O) groups excluding carboxylic acids is 1.